The average Bonchev–Trinajstić information content (AvgIpc) is 3.70. The van der Waals surface area contributed by atoms with Gasteiger partial charge in [-0.05, 0) is 115 Å². The second kappa shape index (κ2) is 15.1. The van der Waals surface area contributed by atoms with E-state index in [1.54, 1.807) is 0 Å². The van der Waals surface area contributed by atoms with Crippen LogP contribution >= 0.6 is 0 Å². The van der Waals surface area contributed by atoms with Gasteiger partial charge in [0.15, 0.2) is 0 Å². The molecule has 0 unspecified atom stereocenters. The first kappa shape index (κ1) is 35.2. The number of furan rings is 1. The zero-order valence-electron chi connectivity index (χ0n) is 32.9. The van der Waals surface area contributed by atoms with Crippen LogP contribution in [0, 0.1) is 0 Å². The maximum absolute atomic E-state index is 6.38. The van der Waals surface area contributed by atoms with Crippen LogP contribution in [-0.2, 0) is 0 Å². The first-order chi connectivity index (χ1) is 29.7. The predicted molar refractivity (Wildman–Crippen MR) is 253 cm³/mol. The summed E-state index contributed by atoms with van der Waals surface area (Å²) in [5, 5.41) is 4.75. The minimum atomic E-state index is 0.881. The van der Waals surface area contributed by atoms with Crippen molar-refractivity contribution in [2.24, 2.45) is 0 Å². The molecular weight excluding hydrogens is 727 g/mol. The molecular formula is C58H39NO. The van der Waals surface area contributed by atoms with Crippen LogP contribution in [0.4, 0.5) is 17.1 Å². The molecule has 0 fully saturated rings. The molecule has 1 aromatic heterocycles. The molecule has 0 radical (unpaired) electrons. The minimum absolute atomic E-state index is 0.881. The largest absolute Gasteiger partial charge is 0.456 e. The number of nitrogens with zero attached hydrogens (tertiary/aromatic N) is 1. The van der Waals surface area contributed by atoms with Crippen molar-refractivity contribution >= 4 is 49.8 Å². The number of fused-ring (bicyclic) bond motifs is 4. The third-order valence-corrected chi connectivity index (χ3v) is 11.7. The average molecular weight is 766 g/mol. The number of hydrogen-bond acceptors (Lipinski definition) is 2. The normalized spacial score (nSPS) is 11.3. The quantitative estimate of drug-likeness (QED) is 0.153. The zero-order chi connectivity index (χ0) is 39.8. The Balaban J connectivity index is 0.988. The molecule has 0 atom stereocenters. The lowest BCUT2D eigenvalue weighted by Gasteiger charge is -2.28. The second-order valence-corrected chi connectivity index (χ2v) is 15.3. The van der Waals surface area contributed by atoms with Gasteiger partial charge in [0.1, 0.15) is 11.2 Å². The Morgan fingerprint density at radius 1 is 0.267 bits per heavy atom. The first-order valence-electron chi connectivity index (χ1n) is 20.5. The monoisotopic (exact) mass is 765 g/mol. The van der Waals surface area contributed by atoms with E-state index in [-0.39, 0.29) is 0 Å². The number of para-hydroxylation sites is 2. The minimum Gasteiger partial charge on any atom is -0.456 e. The summed E-state index contributed by atoms with van der Waals surface area (Å²) in [5.74, 6) is 0. The van der Waals surface area contributed by atoms with Crippen molar-refractivity contribution in [1.29, 1.82) is 0 Å². The third kappa shape index (κ3) is 6.61. The molecule has 2 heteroatoms. The fraction of sp³-hybridized carbons (Fsp3) is 0. The van der Waals surface area contributed by atoms with Crippen molar-refractivity contribution in [3.8, 4) is 55.6 Å². The highest BCUT2D eigenvalue weighted by atomic mass is 16.3. The zero-order valence-corrected chi connectivity index (χ0v) is 32.9. The molecule has 0 aliphatic rings. The summed E-state index contributed by atoms with van der Waals surface area (Å²) >= 11 is 0. The van der Waals surface area contributed by atoms with E-state index in [0.29, 0.717) is 0 Å². The fourth-order valence-corrected chi connectivity index (χ4v) is 8.57. The highest BCUT2D eigenvalue weighted by molar-refractivity contribution is 6.06. The van der Waals surface area contributed by atoms with Crippen LogP contribution in [0.3, 0.4) is 0 Å². The fourth-order valence-electron chi connectivity index (χ4n) is 8.57. The smallest absolute Gasteiger partial charge is 0.136 e. The van der Waals surface area contributed by atoms with Gasteiger partial charge >= 0.3 is 0 Å². The Morgan fingerprint density at radius 2 is 0.783 bits per heavy atom. The summed E-state index contributed by atoms with van der Waals surface area (Å²) in [4.78, 5) is 2.38. The summed E-state index contributed by atoms with van der Waals surface area (Å²) in [7, 11) is 0. The standard InChI is InChI=1S/C58H39NO/c1-2-11-40(12-3-1)42-21-23-43(24-22-42)44-31-34-51(35-32-44)59(56-19-8-6-17-53(56)50-33-36-55-54-18-7-9-20-57(54)60-58(55)39-50)52-16-10-15-48(38-52)45-25-27-46(28-26-45)49-30-29-41-13-4-5-14-47(41)37-49/h1-39H. The lowest BCUT2D eigenvalue weighted by molar-refractivity contribution is 0.669. The van der Waals surface area contributed by atoms with Crippen molar-refractivity contribution < 1.29 is 4.42 Å². The molecule has 0 bridgehead atoms. The topological polar surface area (TPSA) is 16.4 Å². The number of hydrogen-bond donors (Lipinski definition) is 0. The van der Waals surface area contributed by atoms with E-state index in [1.807, 2.05) is 12.1 Å². The van der Waals surface area contributed by atoms with Gasteiger partial charge in [-0.3, -0.25) is 0 Å². The van der Waals surface area contributed by atoms with E-state index >= 15 is 0 Å². The van der Waals surface area contributed by atoms with Crippen LogP contribution in [0.2, 0.25) is 0 Å². The molecule has 1 heterocycles. The van der Waals surface area contributed by atoms with Crippen LogP contribution in [0.25, 0.3) is 88.3 Å². The Morgan fingerprint density at radius 3 is 1.53 bits per heavy atom. The van der Waals surface area contributed by atoms with Crippen molar-refractivity contribution in [2.45, 2.75) is 0 Å². The Labute approximate surface area is 349 Å². The summed E-state index contributed by atoms with van der Waals surface area (Å²) < 4.78 is 6.38. The Kier molecular flexibility index (Phi) is 8.87. The molecule has 2 nitrogen and oxygen atoms in total. The van der Waals surface area contributed by atoms with E-state index in [1.165, 1.54) is 49.7 Å². The van der Waals surface area contributed by atoms with Gasteiger partial charge in [0, 0.05) is 27.7 Å². The van der Waals surface area contributed by atoms with Gasteiger partial charge in [0.2, 0.25) is 0 Å². The van der Waals surface area contributed by atoms with Gasteiger partial charge in [-0.25, -0.2) is 0 Å². The van der Waals surface area contributed by atoms with Gasteiger partial charge in [0.05, 0.1) is 5.69 Å². The molecule has 282 valence electrons. The second-order valence-electron chi connectivity index (χ2n) is 15.3. The molecule has 60 heavy (non-hydrogen) atoms. The summed E-state index contributed by atoms with van der Waals surface area (Å²) in [6.45, 7) is 0. The molecule has 0 saturated carbocycles. The lowest BCUT2D eigenvalue weighted by Crippen LogP contribution is -2.11. The lowest BCUT2D eigenvalue weighted by atomic mass is 9.97. The molecule has 11 rings (SSSR count). The van der Waals surface area contributed by atoms with Gasteiger partial charge in [-0.2, -0.15) is 0 Å². The SMILES string of the molecule is c1ccc(-c2ccc(-c3ccc(N(c4cccc(-c5ccc(-c6ccc7ccccc7c6)cc5)c4)c4ccccc4-c4ccc5c(c4)oc4ccccc45)cc3)cc2)cc1. The Hall–Kier alpha value is -7.94. The number of anilines is 3. The van der Waals surface area contributed by atoms with Crippen LogP contribution < -0.4 is 4.90 Å². The summed E-state index contributed by atoms with van der Waals surface area (Å²) in [6, 6.07) is 84.9. The highest BCUT2D eigenvalue weighted by Gasteiger charge is 2.19. The molecule has 0 N–H and O–H groups in total. The van der Waals surface area contributed by atoms with Crippen LogP contribution in [-0.4, -0.2) is 0 Å². The molecule has 0 aliphatic carbocycles. The maximum Gasteiger partial charge on any atom is 0.136 e. The molecule has 0 aliphatic heterocycles. The van der Waals surface area contributed by atoms with Crippen molar-refractivity contribution in [3.05, 3.63) is 237 Å². The molecule has 0 spiro atoms. The van der Waals surface area contributed by atoms with E-state index in [4.69, 9.17) is 4.42 Å². The molecule has 10 aromatic carbocycles. The van der Waals surface area contributed by atoms with E-state index in [0.717, 1.165) is 55.7 Å². The van der Waals surface area contributed by atoms with Crippen molar-refractivity contribution in [3.63, 3.8) is 0 Å². The van der Waals surface area contributed by atoms with Gasteiger partial charge < -0.3 is 9.32 Å². The van der Waals surface area contributed by atoms with Crippen LogP contribution in [0.15, 0.2) is 241 Å². The number of benzene rings is 10. The van der Waals surface area contributed by atoms with Crippen LogP contribution in [0.5, 0.6) is 0 Å². The van der Waals surface area contributed by atoms with Gasteiger partial charge in [-0.1, -0.05) is 182 Å². The summed E-state index contributed by atoms with van der Waals surface area (Å²) in [6.07, 6.45) is 0. The highest BCUT2D eigenvalue weighted by Crippen LogP contribution is 2.43. The van der Waals surface area contributed by atoms with Crippen molar-refractivity contribution in [2.75, 3.05) is 4.90 Å². The Bertz CT molecular complexity index is 3290. The van der Waals surface area contributed by atoms with Crippen molar-refractivity contribution in [1.82, 2.24) is 0 Å². The van der Waals surface area contributed by atoms with Gasteiger partial charge in [-0.15, -0.1) is 0 Å². The van der Waals surface area contributed by atoms with E-state index in [9.17, 15) is 0 Å². The molecule has 0 amide bonds. The van der Waals surface area contributed by atoms with E-state index < -0.39 is 0 Å². The van der Waals surface area contributed by atoms with E-state index in [2.05, 4.69) is 229 Å². The predicted octanol–water partition coefficient (Wildman–Crippen LogP) is 16.5. The maximum atomic E-state index is 6.38. The third-order valence-electron chi connectivity index (χ3n) is 11.7. The molecule has 11 aromatic rings. The van der Waals surface area contributed by atoms with Gasteiger partial charge in [0.25, 0.3) is 0 Å². The van der Waals surface area contributed by atoms with Crippen LogP contribution in [0.1, 0.15) is 0 Å². The molecule has 0 saturated heterocycles. The number of rotatable bonds is 8. The summed E-state index contributed by atoms with van der Waals surface area (Å²) in [5.41, 5.74) is 16.7. The first-order valence-corrected chi connectivity index (χ1v) is 20.5.